The van der Waals surface area contributed by atoms with Crippen LogP contribution in [-0.4, -0.2) is 44.6 Å². The van der Waals surface area contributed by atoms with Crippen LogP contribution in [0.3, 0.4) is 0 Å². The average Bonchev–Trinajstić information content (AvgIpc) is 3.51. The van der Waals surface area contributed by atoms with Gasteiger partial charge in [0.2, 0.25) is 0 Å². The lowest BCUT2D eigenvalue weighted by Gasteiger charge is -2.17. The number of aromatic amines is 1. The highest BCUT2D eigenvalue weighted by Crippen LogP contribution is 2.46. The largest absolute Gasteiger partial charge is 0.339 e. The number of nitriles is 1. The molecule has 2 atom stereocenters. The monoisotopic (exact) mass is 466 g/mol. The van der Waals surface area contributed by atoms with Gasteiger partial charge in [-0.2, -0.15) is 10.4 Å². The Labute approximate surface area is 194 Å². The number of halogens is 2. The molecule has 8 nitrogen and oxygen atoms in total. The molecule has 2 fully saturated rings. The predicted molar refractivity (Wildman–Crippen MR) is 122 cm³/mol. The highest BCUT2D eigenvalue weighted by Gasteiger charge is 2.48. The number of aromatic nitrogens is 3. The van der Waals surface area contributed by atoms with Crippen LogP contribution in [0.5, 0.6) is 0 Å². The number of fused-ring (bicyclic) bond motifs is 1. The van der Waals surface area contributed by atoms with Gasteiger partial charge < -0.3 is 15.2 Å². The number of rotatable bonds is 4. The average molecular weight is 466 g/mol. The van der Waals surface area contributed by atoms with Crippen molar-refractivity contribution in [1.29, 1.82) is 5.26 Å². The zero-order chi connectivity index (χ0) is 24.0. The molecule has 2 aromatic heterocycles. The van der Waals surface area contributed by atoms with E-state index in [1.54, 1.807) is 24.3 Å². The molecule has 3 heterocycles. The van der Waals surface area contributed by atoms with Gasteiger partial charge in [-0.1, -0.05) is 0 Å². The lowest BCUT2D eigenvalue weighted by atomic mass is 10.1. The van der Waals surface area contributed by atoms with Gasteiger partial charge in [-0.05, 0) is 49.6 Å². The van der Waals surface area contributed by atoms with E-state index in [0.29, 0.717) is 16.8 Å². The van der Waals surface area contributed by atoms with Gasteiger partial charge in [0.25, 0.3) is 17.4 Å². The van der Waals surface area contributed by atoms with Crippen LogP contribution in [0.15, 0.2) is 35.3 Å². The van der Waals surface area contributed by atoms with Crippen molar-refractivity contribution >= 4 is 28.3 Å². The Bertz CT molecular complexity index is 1370. The molecule has 0 radical (unpaired) electrons. The second-order valence-corrected chi connectivity index (χ2v) is 9.08. The van der Waals surface area contributed by atoms with Gasteiger partial charge in [-0.15, -0.1) is 0 Å². The van der Waals surface area contributed by atoms with E-state index < -0.39 is 36.3 Å². The second-order valence-electron chi connectivity index (χ2n) is 9.08. The minimum atomic E-state index is -2.97. The van der Waals surface area contributed by atoms with Gasteiger partial charge in [0.1, 0.15) is 5.39 Å². The molecule has 2 aliphatic rings. The van der Waals surface area contributed by atoms with E-state index in [9.17, 15) is 23.6 Å². The number of carbonyl (C=O) groups excluding carboxylic acids is 1. The Hall–Kier alpha value is -3.74. The molecule has 34 heavy (non-hydrogen) atoms. The molecule has 1 aromatic carbocycles. The van der Waals surface area contributed by atoms with Crippen LogP contribution in [0.25, 0.3) is 10.9 Å². The molecule has 5 rings (SSSR count). The molecule has 1 amide bonds. The maximum absolute atomic E-state index is 14.1. The Kier molecular flexibility index (Phi) is 5.35. The Morgan fingerprint density at radius 3 is 2.74 bits per heavy atom. The maximum atomic E-state index is 14.1. The topological polar surface area (TPSA) is 107 Å². The number of benzene rings is 1. The second kappa shape index (κ2) is 8.24. The van der Waals surface area contributed by atoms with Crippen molar-refractivity contribution in [2.45, 2.75) is 44.6 Å². The molecule has 0 unspecified atom stereocenters. The van der Waals surface area contributed by atoms with Gasteiger partial charge in [0.15, 0.2) is 5.82 Å². The van der Waals surface area contributed by atoms with Crippen LogP contribution in [0.2, 0.25) is 0 Å². The fourth-order valence-corrected chi connectivity index (χ4v) is 5.03. The fourth-order valence-electron chi connectivity index (χ4n) is 5.03. The van der Waals surface area contributed by atoms with Gasteiger partial charge >= 0.3 is 0 Å². The molecule has 1 saturated carbocycles. The SMILES string of the molecule is Cc1cc(Nc2nn([C@@H]3CC(F)(F)C[C@H]3C#N)c3cc[nH]c(=O)c23)ccc1C(=O)N1CCCC1. The molecule has 2 N–H and O–H groups in total. The Morgan fingerprint density at radius 2 is 2.03 bits per heavy atom. The van der Waals surface area contributed by atoms with E-state index in [0.717, 1.165) is 31.5 Å². The third-order valence-corrected chi connectivity index (χ3v) is 6.71. The van der Waals surface area contributed by atoms with Crippen molar-refractivity contribution < 1.29 is 13.6 Å². The summed E-state index contributed by atoms with van der Waals surface area (Å²) in [5, 5.41) is 17.2. The summed E-state index contributed by atoms with van der Waals surface area (Å²) in [6, 6.07) is 8.00. The summed E-state index contributed by atoms with van der Waals surface area (Å²) in [5.74, 6) is -3.67. The molecule has 10 heteroatoms. The first-order chi connectivity index (χ1) is 16.3. The Morgan fingerprint density at radius 1 is 1.26 bits per heavy atom. The van der Waals surface area contributed by atoms with Crippen molar-refractivity contribution in [3.8, 4) is 6.07 Å². The predicted octanol–water partition coefficient (Wildman–Crippen LogP) is 4.12. The normalized spacial score (nSPS) is 21.6. The van der Waals surface area contributed by atoms with Crippen molar-refractivity contribution in [2.75, 3.05) is 18.4 Å². The van der Waals surface area contributed by atoms with Gasteiger partial charge in [-0.3, -0.25) is 14.3 Å². The molecular weight excluding hydrogens is 442 g/mol. The summed E-state index contributed by atoms with van der Waals surface area (Å²) in [5.41, 5.74) is 1.97. The minimum Gasteiger partial charge on any atom is -0.339 e. The first-order valence-corrected chi connectivity index (χ1v) is 11.3. The van der Waals surface area contributed by atoms with Gasteiger partial charge in [0.05, 0.1) is 23.5 Å². The van der Waals surface area contributed by atoms with Crippen molar-refractivity contribution in [1.82, 2.24) is 19.7 Å². The minimum absolute atomic E-state index is 0.00238. The number of amides is 1. The molecule has 0 bridgehead atoms. The summed E-state index contributed by atoms with van der Waals surface area (Å²) in [6.45, 7) is 3.36. The number of likely N-dealkylation sites (tertiary alicyclic amines) is 1. The zero-order valence-electron chi connectivity index (χ0n) is 18.6. The molecule has 1 saturated heterocycles. The number of aryl methyl sites for hydroxylation is 1. The number of carbonyl (C=O) groups is 1. The lowest BCUT2D eigenvalue weighted by molar-refractivity contribution is 0.00391. The van der Waals surface area contributed by atoms with E-state index in [2.05, 4.69) is 15.4 Å². The van der Waals surface area contributed by atoms with Gasteiger partial charge in [0, 0.05) is 43.4 Å². The Balaban J connectivity index is 1.50. The number of nitrogens with one attached hydrogen (secondary N) is 2. The van der Waals surface area contributed by atoms with E-state index in [1.807, 2.05) is 17.9 Å². The van der Waals surface area contributed by atoms with Crippen LogP contribution in [-0.2, 0) is 0 Å². The van der Waals surface area contributed by atoms with Crippen LogP contribution >= 0.6 is 0 Å². The molecular formula is C24H24F2N6O2. The maximum Gasteiger partial charge on any atom is 0.261 e. The van der Waals surface area contributed by atoms with Crippen LogP contribution < -0.4 is 10.9 Å². The van der Waals surface area contributed by atoms with E-state index in [-0.39, 0.29) is 17.1 Å². The molecule has 3 aromatic rings. The van der Waals surface area contributed by atoms with Crippen LogP contribution in [0, 0.1) is 24.2 Å². The molecule has 0 spiro atoms. The highest BCUT2D eigenvalue weighted by atomic mass is 19.3. The number of pyridine rings is 1. The van der Waals surface area contributed by atoms with Crippen molar-refractivity contribution in [3.63, 3.8) is 0 Å². The smallest absolute Gasteiger partial charge is 0.261 e. The molecule has 1 aliphatic heterocycles. The van der Waals surface area contributed by atoms with E-state index in [4.69, 9.17) is 0 Å². The number of hydrogen-bond donors (Lipinski definition) is 2. The van der Waals surface area contributed by atoms with E-state index >= 15 is 0 Å². The number of alkyl halides is 2. The van der Waals surface area contributed by atoms with E-state index in [1.165, 1.54) is 10.9 Å². The zero-order valence-corrected chi connectivity index (χ0v) is 18.6. The third-order valence-electron chi connectivity index (χ3n) is 6.71. The summed E-state index contributed by atoms with van der Waals surface area (Å²) in [6.07, 6.45) is 2.40. The summed E-state index contributed by atoms with van der Waals surface area (Å²) in [7, 11) is 0. The first kappa shape index (κ1) is 22.1. The number of nitrogens with zero attached hydrogens (tertiary/aromatic N) is 4. The summed E-state index contributed by atoms with van der Waals surface area (Å²) in [4.78, 5) is 29.9. The fraction of sp³-hybridized carbons (Fsp3) is 0.417. The lowest BCUT2D eigenvalue weighted by Crippen LogP contribution is -2.28. The van der Waals surface area contributed by atoms with Crippen LogP contribution in [0.1, 0.15) is 47.6 Å². The highest BCUT2D eigenvalue weighted by molar-refractivity contribution is 5.97. The number of anilines is 2. The molecule has 176 valence electrons. The molecule has 1 aliphatic carbocycles. The number of H-pyrrole nitrogens is 1. The quantitative estimate of drug-likeness (QED) is 0.602. The first-order valence-electron chi connectivity index (χ1n) is 11.3. The third kappa shape index (κ3) is 3.81. The summed E-state index contributed by atoms with van der Waals surface area (Å²) >= 11 is 0. The standard InChI is InChI=1S/C24H24F2N6O2/c1-14-10-16(4-5-17(14)23(34)31-8-2-3-9-31)29-21-20-18(6-7-28-22(20)33)32(30-21)19-12-24(25,26)11-15(19)13-27/h4-7,10,15,19H,2-3,8-9,11-12H2,1H3,(H,28,33)(H,29,30)/t15-,19+/m0/s1. The van der Waals surface area contributed by atoms with Crippen molar-refractivity contribution in [2.24, 2.45) is 5.92 Å². The van der Waals surface area contributed by atoms with Crippen LogP contribution in [0.4, 0.5) is 20.3 Å². The van der Waals surface area contributed by atoms with Gasteiger partial charge in [-0.25, -0.2) is 8.78 Å². The number of hydrogen-bond acceptors (Lipinski definition) is 5. The summed E-state index contributed by atoms with van der Waals surface area (Å²) < 4.78 is 29.6. The van der Waals surface area contributed by atoms with Crippen molar-refractivity contribution in [3.05, 3.63) is 51.9 Å².